The largest absolute Gasteiger partial charge is 0.496 e. The van der Waals surface area contributed by atoms with Gasteiger partial charge in [0.05, 0.1) is 18.8 Å². The number of anilines is 1. The summed E-state index contributed by atoms with van der Waals surface area (Å²) in [6.45, 7) is 5.71. The third-order valence-corrected chi connectivity index (χ3v) is 5.27. The zero-order chi connectivity index (χ0) is 19.5. The molecule has 0 atom stereocenters. The number of methoxy groups -OCH3 is 1. The van der Waals surface area contributed by atoms with E-state index in [4.69, 9.17) is 4.74 Å². The number of para-hydroxylation sites is 1. The van der Waals surface area contributed by atoms with Crippen LogP contribution >= 0.6 is 0 Å². The number of aryl methyl sites for hydroxylation is 1. The summed E-state index contributed by atoms with van der Waals surface area (Å²) >= 11 is 0. The van der Waals surface area contributed by atoms with Gasteiger partial charge in [-0.1, -0.05) is 48.5 Å². The standard InChI is InChI=1S/C23H24N4O/c1-16-17(2)27(15-18-9-5-4-6-10-18)22-20(16)14-25-26-23(22)24-13-19-11-7-8-12-21(19)28-3/h4-12,14H,13,15H2,1-3H3,(H,24,26). The van der Waals surface area contributed by atoms with Crippen LogP contribution in [-0.4, -0.2) is 21.9 Å². The summed E-state index contributed by atoms with van der Waals surface area (Å²) in [5, 5.41) is 13.2. The maximum atomic E-state index is 5.47. The van der Waals surface area contributed by atoms with E-state index in [0.717, 1.165) is 34.6 Å². The predicted molar refractivity (Wildman–Crippen MR) is 113 cm³/mol. The number of rotatable bonds is 6. The van der Waals surface area contributed by atoms with Gasteiger partial charge in [0.1, 0.15) is 5.75 Å². The lowest BCUT2D eigenvalue weighted by Gasteiger charge is -2.13. The van der Waals surface area contributed by atoms with Crippen molar-refractivity contribution in [3.8, 4) is 5.75 Å². The Hall–Kier alpha value is -3.34. The van der Waals surface area contributed by atoms with Gasteiger partial charge in [0.15, 0.2) is 5.82 Å². The fourth-order valence-corrected chi connectivity index (χ4v) is 3.60. The van der Waals surface area contributed by atoms with Crippen LogP contribution in [0.15, 0.2) is 60.8 Å². The van der Waals surface area contributed by atoms with E-state index in [2.05, 4.69) is 64.3 Å². The van der Waals surface area contributed by atoms with E-state index >= 15 is 0 Å². The smallest absolute Gasteiger partial charge is 0.173 e. The van der Waals surface area contributed by atoms with Crippen LogP contribution in [0, 0.1) is 13.8 Å². The number of hydrogen-bond acceptors (Lipinski definition) is 4. The molecule has 2 heterocycles. The number of hydrogen-bond donors (Lipinski definition) is 1. The van der Waals surface area contributed by atoms with Gasteiger partial charge in [-0.25, -0.2) is 0 Å². The molecule has 4 rings (SSSR count). The Kier molecular flexibility index (Phi) is 4.98. The Morgan fingerprint density at radius 2 is 1.75 bits per heavy atom. The van der Waals surface area contributed by atoms with E-state index in [1.807, 2.05) is 30.5 Å². The molecule has 4 aromatic rings. The molecule has 0 aliphatic rings. The molecule has 0 amide bonds. The lowest BCUT2D eigenvalue weighted by molar-refractivity contribution is 0.410. The third-order valence-electron chi connectivity index (χ3n) is 5.27. The van der Waals surface area contributed by atoms with Crippen molar-refractivity contribution in [3.05, 3.63) is 83.2 Å². The van der Waals surface area contributed by atoms with E-state index < -0.39 is 0 Å². The maximum Gasteiger partial charge on any atom is 0.173 e. The van der Waals surface area contributed by atoms with Crippen LogP contribution in [0.3, 0.4) is 0 Å². The summed E-state index contributed by atoms with van der Waals surface area (Å²) in [5.74, 6) is 1.65. The van der Waals surface area contributed by atoms with Gasteiger partial charge in [0, 0.05) is 29.7 Å². The van der Waals surface area contributed by atoms with Gasteiger partial charge in [-0.2, -0.15) is 5.10 Å². The van der Waals surface area contributed by atoms with Crippen molar-refractivity contribution in [2.75, 3.05) is 12.4 Å². The highest BCUT2D eigenvalue weighted by atomic mass is 16.5. The second-order valence-corrected chi connectivity index (χ2v) is 6.90. The molecule has 5 nitrogen and oxygen atoms in total. The van der Waals surface area contributed by atoms with E-state index in [1.165, 1.54) is 16.8 Å². The minimum absolute atomic E-state index is 0.617. The summed E-state index contributed by atoms with van der Waals surface area (Å²) in [6, 6.07) is 18.5. The Morgan fingerprint density at radius 1 is 1.00 bits per heavy atom. The van der Waals surface area contributed by atoms with Crippen LogP contribution in [0.1, 0.15) is 22.4 Å². The highest BCUT2D eigenvalue weighted by molar-refractivity contribution is 5.92. The lowest BCUT2D eigenvalue weighted by atomic mass is 10.2. The monoisotopic (exact) mass is 372 g/mol. The third kappa shape index (κ3) is 3.31. The predicted octanol–water partition coefficient (Wildman–Crippen LogP) is 4.72. The van der Waals surface area contributed by atoms with Crippen molar-refractivity contribution in [1.82, 2.24) is 14.8 Å². The normalized spacial score (nSPS) is 11.0. The molecule has 142 valence electrons. The number of nitrogens with one attached hydrogen (secondary N) is 1. The Labute approximate surface area is 165 Å². The first-order chi connectivity index (χ1) is 13.7. The molecule has 2 aromatic carbocycles. The van der Waals surface area contributed by atoms with E-state index in [1.54, 1.807) is 7.11 Å². The van der Waals surface area contributed by atoms with Gasteiger partial charge in [0.25, 0.3) is 0 Å². The Balaban J connectivity index is 1.73. The van der Waals surface area contributed by atoms with Crippen molar-refractivity contribution in [2.24, 2.45) is 0 Å². The van der Waals surface area contributed by atoms with Crippen molar-refractivity contribution in [2.45, 2.75) is 26.9 Å². The van der Waals surface area contributed by atoms with Gasteiger partial charge in [-0.3, -0.25) is 0 Å². The second-order valence-electron chi connectivity index (χ2n) is 6.90. The number of aromatic nitrogens is 3. The SMILES string of the molecule is COc1ccccc1CNc1nncc2c(C)c(C)n(Cc3ccccc3)c12. The summed E-state index contributed by atoms with van der Waals surface area (Å²) in [4.78, 5) is 0. The van der Waals surface area contributed by atoms with Gasteiger partial charge >= 0.3 is 0 Å². The molecule has 1 N–H and O–H groups in total. The highest BCUT2D eigenvalue weighted by Crippen LogP contribution is 2.30. The first-order valence-corrected chi connectivity index (χ1v) is 9.39. The number of fused-ring (bicyclic) bond motifs is 1. The molecule has 0 aliphatic carbocycles. The zero-order valence-electron chi connectivity index (χ0n) is 16.4. The fraction of sp³-hybridized carbons (Fsp3) is 0.217. The first-order valence-electron chi connectivity index (χ1n) is 9.39. The molecular formula is C23H24N4O. The average molecular weight is 372 g/mol. The molecule has 0 spiro atoms. The zero-order valence-corrected chi connectivity index (χ0v) is 16.4. The first kappa shape index (κ1) is 18.0. The molecule has 0 radical (unpaired) electrons. The van der Waals surface area contributed by atoms with Crippen LogP contribution in [0.25, 0.3) is 10.9 Å². The topological polar surface area (TPSA) is 52.0 Å². The number of ether oxygens (including phenoxy) is 1. The molecule has 28 heavy (non-hydrogen) atoms. The Morgan fingerprint density at radius 3 is 2.54 bits per heavy atom. The van der Waals surface area contributed by atoms with Gasteiger partial charge in [-0.05, 0) is 31.0 Å². The van der Waals surface area contributed by atoms with Crippen molar-refractivity contribution < 1.29 is 4.74 Å². The van der Waals surface area contributed by atoms with Crippen LogP contribution in [-0.2, 0) is 13.1 Å². The van der Waals surface area contributed by atoms with Gasteiger partial charge in [-0.15, -0.1) is 5.10 Å². The van der Waals surface area contributed by atoms with E-state index in [0.29, 0.717) is 6.54 Å². The number of nitrogens with zero attached hydrogens (tertiary/aromatic N) is 3. The summed E-state index contributed by atoms with van der Waals surface area (Å²) in [5.41, 5.74) is 5.90. The highest BCUT2D eigenvalue weighted by Gasteiger charge is 2.16. The van der Waals surface area contributed by atoms with Crippen molar-refractivity contribution >= 4 is 16.7 Å². The quantitative estimate of drug-likeness (QED) is 0.532. The van der Waals surface area contributed by atoms with Crippen LogP contribution in [0.2, 0.25) is 0 Å². The molecule has 0 aliphatic heterocycles. The maximum absolute atomic E-state index is 5.47. The fourth-order valence-electron chi connectivity index (χ4n) is 3.60. The summed E-state index contributed by atoms with van der Waals surface area (Å²) < 4.78 is 7.78. The minimum atomic E-state index is 0.617. The summed E-state index contributed by atoms with van der Waals surface area (Å²) in [6.07, 6.45) is 1.85. The van der Waals surface area contributed by atoms with Crippen LogP contribution < -0.4 is 10.1 Å². The summed E-state index contributed by atoms with van der Waals surface area (Å²) in [7, 11) is 1.69. The van der Waals surface area contributed by atoms with E-state index in [-0.39, 0.29) is 0 Å². The van der Waals surface area contributed by atoms with E-state index in [9.17, 15) is 0 Å². The molecular weight excluding hydrogens is 348 g/mol. The molecule has 0 bridgehead atoms. The van der Waals surface area contributed by atoms with Crippen molar-refractivity contribution in [1.29, 1.82) is 0 Å². The molecule has 5 heteroatoms. The van der Waals surface area contributed by atoms with Gasteiger partial charge < -0.3 is 14.6 Å². The minimum Gasteiger partial charge on any atom is -0.496 e. The second kappa shape index (κ2) is 7.72. The average Bonchev–Trinajstić information content (AvgIpc) is 2.98. The molecule has 0 unspecified atom stereocenters. The molecule has 0 saturated carbocycles. The molecule has 0 fully saturated rings. The number of benzene rings is 2. The van der Waals surface area contributed by atoms with Crippen LogP contribution in [0.4, 0.5) is 5.82 Å². The van der Waals surface area contributed by atoms with Gasteiger partial charge in [0.2, 0.25) is 0 Å². The lowest BCUT2D eigenvalue weighted by Crippen LogP contribution is -2.08. The molecule has 0 saturated heterocycles. The van der Waals surface area contributed by atoms with Crippen molar-refractivity contribution in [3.63, 3.8) is 0 Å². The molecule has 2 aromatic heterocycles. The Bertz CT molecular complexity index is 1100. The van der Waals surface area contributed by atoms with Crippen LogP contribution in [0.5, 0.6) is 5.75 Å².